The van der Waals surface area contributed by atoms with Gasteiger partial charge in [-0.05, 0) is 36.8 Å². The summed E-state index contributed by atoms with van der Waals surface area (Å²) < 4.78 is 6.87. The molecule has 1 aliphatic heterocycles. The van der Waals surface area contributed by atoms with Gasteiger partial charge in [0.2, 0.25) is 0 Å². The van der Waals surface area contributed by atoms with Crippen molar-refractivity contribution >= 4 is 50.4 Å². The highest BCUT2D eigenvalue weighted by Gasteiger charge is 2.41. The highest BCUT2D eigenvalue weighted by molar-refractivity contribution is 7.21. The zero-order valence-electron chi connectivity index (χ0n) is 16.5. The van der Waals surface area contributed by atoms with Gasteiger partial charge in [-0.2, -0.15) is 0 Å². The van der Waals surface area contributed by atoms with E-state index in [1.165, 1.54) is 6.07 Å². The zero-order valence-corrected chi connectivity index (χ0v) is 18.0. The summed E-state index contributed by atoms with van der Waals surface area (Å²) in [5, 5.41) is 4.08. The maximum Gasteiger partial charge on any atom is 0.335 e. The molecule has 3 aromatic carbocycles. The van der Waals surface area contributed by atoms with Crippen LogP contribution < -0.4 is 5.32 Å². The minimum Gasteiger partial charge on any atom is -0.322 e. The number of fused-ring (bicyclic) bond motifs is 1. The van der Waals surface area contributed by atoms with Gasteiger partial charge in [-0.15, -0.1) is 11.3 Å². The topological polar surface area (TPSA) is 74.6 Å². The monoisotopic (exact) mass is 450 g/mol. The number of nitrogens with zero attached hydrogens (tertiary/aromatic N) is 2. The van der Waals surface area contributed by atoms with Crippen LogP contribution in [0.2, 0.25) is 5.02 Å². The molecule has 1 saturated heterocycles. The van der Waals surface area contributed by atoms with E-state index in [2.05, 4.69) is 5.32 Å². The molecule has 1 atom stereocenters. The van der Waals surface area contributed by atoms with E-state index < -0.39 is 6.23 Å². The molecule has 31 heavy (non-hydrogen) atoms. The first kappa shape index (κ1) is 19.8. The normalized spacial score (nSPS) is 15.1. The quantitative estimate of drug-likeness (QED) is 0.301. The van der Waals surface area contributed by atoms with Crippen LogP contribution >= 0.6 is 22.9 Å². The number of anilines is 1. The Morgan fingerprint density at radius 1 is 1.19 bits per heavy atom. The van der Waals surface area contributed by atoms with Crippen LogP contribution in [-0.2, 0) is 4.74 Å². The minimum atomic E-state index is -0.496. The molecular formula is C23H17ClN3O3S+. The number of thiazole rings is 1. The smallest absolute Gasteiger partial charge is 0.322 e. The van der Waals surface area contributed by atoms with E-state index in [0.29, 0.717) is 18.0 Å². The third-order valence-electron chi connectivity index (χ3n) is 5.13. The van der Waals surface area contributed by atoms with Gasteiger partial charge in [-0.1, -0.05) is 35.9 Å². The van der Waals surface area contributed by atoms with Crippen LogP contribution in [0.15, 0.2) is 60.7 Å². The van der Waals surface area contributed by atoms with Crippen molar-refractivity contribution in [2.45, 2.75) is 13.2 Å². The molecule has 0 bridgehead atoms. The average molecular weight is 451 g/mol. The lowest BCUT2D eigenvalue weighted by Crippen LogP contribution is -2.14. The summed E-state index contributed by atoms with van der Waals surface area (Å²) in [5.74, 6) is -0.387. The number of nitrogens with one attached hydrogen (secondary N) is 1. The summed E-state index contributed by atoms with van der Waals surface area (Å²) in [6, 6.07) is 18.3. The molecule has 0 aliphatic carbocycles. The van der Waals surface area contributed by atoms with Crippen LogP contribution in [0.4, 0.5) is 11.4 Å². The van der Waals surface area contributed by atoms with Gasteiger partial charge < -0.3 is 10.1 Å². The molecule has 4 aromatic rings. The molecule has 0 spiro atoms. The van der Waals surface area contributed by atoms with E-state index in [0.717, 1.165) is 31.1 Å². The van der Waals surface area contributed by atoms with E-state index >= 15 is 0 Å². The van der Waals surface area contributed by atoms with Gasteiger partial charge in [0.05, 0.1) is 25.6 Å². The third kappa shape index (κ3) is 3.83. The van der Waals surface area contributed by atoms with Crippen LogP contribution in [0.25, 0.3) is 20.8 Å². The highest BCUT2D eigenvalue weighted by Crippen LogP contribution is 2.35. The van der Waals surface area contributed by atoms with Crippen molar-refractivity contribution in [2.75, 3.05) is 11.9 Å². The van der Waals surface area contributed by atoms with Crippen molar-refractivity contribution in [3.63, 3.8) is 0 Å². The number of para-hydroxylation sites is 1. The molecule has 154 valence electrons. The Bertz CT molecular complexity index is 1310. The Hall–Kier alpha value is -3.13. The first-order valence-electron chi connectivity index (χ1n) is 9.65. The second-order valence-electron chi connectivity index (χ2n) is 7.20. The number of ether oxygens (including phenoxy) is 1. The number of nitroso groups, excluding NO2 is 1. The molecule has 0 radical (unpaired) electrons. The maximum absolute atomic E-state index is 13.0. The van der Waals surface area contributed by atoms with Crippen molar-refractivity contribution < 1.29 is 14.3 Å². The summed E-state index contributed by atoms with van der Waals surface area (Å²) in [7, 11) is 0. The first-order valence-corrected chi connectivity index (χ1v) is 10.8. The van der Waals surface area contributed by atoms with Gasteiger partial charge >= 0.3 is 6.23 Å². The van der Waals surface area contributed by atoms with E-state index in [1.54, 1.807) is 23.5 Å². The number of epoxide rings is 1. The van der Waals surface area contributed by atoms with Crippen LogP contribution in [0.5, 0.6) is 0 Å². The Morgan fingerprint density at radius 3 is 2.77 bits per heavy atom. The molecular weight excluding hydrogens is 434 g/mol. The lowest BCUT2D eigenvalue weighted by atomic mass is 10.1. The van der Waals surface area contributed by atoms with Crippen LogP contribution in [0.3, 0.4) is 0 Å². The van der Waals surface area contributed by atoms with Crippen molar-refractivity contribution in [3.05, 3.63) is 81.7 Å². The van der Waals surface area contributed by atoms with Gasteiger partial charge in [-0.25, -0.2) is 4.98 Å². The molecule has 1 aliphatic rings. The van der Waals surface area contributed by atoms with E-state index in [9.17, 15) is 9.70 Å². The number of carbonyl (C=O) groups excluding carboxylic acids is 1. The van der Waals surface area contributed by atoms with E-state index in [1.807, 2.05) is 49.4 Å². The molecule has 2 heterocycles. The summed E-state index contributed by atoms with van der Waals surface area (Å²) >= 11 is 7.86. The molecule has 1 fully saturated rings. The Morgan fingerprint density at radius 2 is 2.00 bits per heavy atom. The van der Waals surface area contributed by atoms with Gasteiger partial charge in [-0.3, -0.25) is 4.79 Å². The molecule has 1 unspecified atom stereocenters. The standard InChI is InChI=1S/C23H16ClN3O3S/c1-13-15(23-26-19-6-2-3-8-20(19)31-23)5-4-7-18(13)25-22(28)16-11-14(9-10-17(16)24)27(29)21-12-30-21/h2-11,21H,12H2,1H3/p+1. The van der Waals surface area contributed by atoms with Crippen LogP contribution in [0, 0.1) is 11.8 Å². The number of benzene rings is 3. The van der Waals surface area contributed by atoms with Gasteiger partial charge in [0, 0.05) is 28.3 Å². The van der Waals surface area contributed by atoms with Crippen molar-refractivity contribution in [1.82, 2.24) is 4.98 Å². The van der Waals surface area contributed by atoms with Crippen LogP contribution in [-0.4, -0.2) is 28.5 Å². The van der Waals surface area contributed by atoms with E-state index in [4.69, 9.17) is 21.3 Å². The number of carbonyl (C=O) groups is 1. The van der Waals surface area contributed by atoms with Crippen molar-refractivity contribution in [3.8, 4) is 10.6 Å². The lowest BCUT2D eigenvalue weighted by Gasteiger charge is -2.12. The fraction of sp³-hybridized carbons (Fsp3) is 0.130. The number of amides is 1. The fourth-order valence-electron chi connectivity index (χ4n) is 3.35. The predicted octanol–water partition coefficient (Wildman–Crippen LogP) is 5.94. The Balaban J connectivity index is 1.45. The summed E-state index contributed by atoms with van der Waals surface area (Å²) in [5.41, 5.74) is 4.02. The lowest BCUT2D eigenvalue weighted by molar-refractivity contribution is -0.499. The predicted molar refractivity (Wildman–Crippen MR) is 122 cm³/mol. The molecule has 0 saturated carbocycles. The molecule has 1 amide bonds. The van der Waals surface area contributed by atoms with Gasteiger partial charge in [0.25, 0.3) is 11.6 Å². The van der Waals surface area contributed by atoms with E-state index in [-0.39, 0.29) is 16.5 Å². The molecule has 8 heteroatoms. The van der Waals surface area contributed by atoms with Crippen molar-refractivity contribution in [1.29, 1.82) is 0 Å². The molecule has 1 N–H and O–H groups in total. The second-order valence-corrected chi connectivity index (χ2v) is 8.63. The summed E-state index contributed by atoms with van der Waals surface area (Å²) in [6.07, 6.45) is -0.496. The SMILES string of the molecule is Cc1c(NC(=O)c2cc([N+](=O)C3CO3)ccc2Cl)cccc1-c1nc2ccccc2s1. The highest BCUT2D eigenvalue weighted by atomic mass is 35.5. The maximum atomic E-state index is 13.0. The Labute approximate surface area is 187 Å². The molecule has 1 aromatic heterocycles. The first-order chi connectivity index (χ1) is 15.0. The summed E-state index contributed by atoms with van der Waals surface area (Å²) in [4.78, 5) is 29.9. The number of rotatable bonds is 5. The molecule has 6 nitrogen and oxygen atoms in total. The number of hydrogen-bond acceptors (Lipinski definition) is 5. The Kier molecular flexibility index (Phi) is 5.02. The zero-order chi connectivity index (χ0) is 21.5. The van der Waals surface area contributed by atoms with Gasteiger partial charge in [0.15, 0.2) is 0 Å². The van der Waals surface area contributed by atoms with Crippen LogP contribution in [0.1, 0.15) is 15.9 Å². The largest absolute Gasteiger partial charge is 0.335 e. The number of aromatic nitrogens is 1. The van der Waals surface area contributed by atoms with Gasteiger partial charge in [0.1, 0.15) is 11.6 Å². The second kappa shape index (κ2) is 7.85. The number of hydrogen-bond donors (Lipinski definition) is 1. The average Bonchev–Trinajstić information content (AvgIpc) is 3.53. The number of halogens is 1. The minimum absolute atomic E-state index is 0.227. The molecule has 5 rings (SSSR count). The third-order valence-corrected chi connectivity index (χ3v) is 6.53. The summed E-state index contributed by atoms with van der Waals surface area (Å²) in [6.45, 7) is 2.32. The fourth-order valence-corrected chi connectivity index (χ4v) is 4.60. The van der Waals surface area contributed by atoms with Crippen molar-refractivity contribution in [2.24, 2.45) is 0 Å².